The molecule has 1 aliphatic heterocycles. The van der Waals surface area contributed by atoms with Crippen molar-refractivity contribution >= 4 is 0 Å². The smallest absolute Gasteiger partial charge is 0.169 e. The van der Waals surface area contributed by atoms with E-state index in [9.17, 15) is 0 Å². The molecule has 3 nitrogen and oxygen atoms in total. The summed E-state index contributed by atoms with van der Waals surface area (Å²) in [5, 5.41) is 0. The van der Waals surface area contributed by atoms with E-state index >= 15 is 0 Å². The molecule has 0 aromatic heterocycles. The number of allylic oxidation sites excluding steroid dienone is 8. The lowest BCUT2D eigenvalue weighted by atomic mass is 9.85. The summed E-state index contributed by atoms with van der Waals surface area (Å²) in [6, 6.07) is 0. The maximum atomic E-state index is 6.83. The molecule has 0 amide bonds. The first-order valence-electron chi connectivity index (χ1n) is 20.9. The molecule has 0 spiro atoms. The molecule has 3 heteroatoms. The van der Waals surface area contributed by atoms with Crippen LogP contribution in [-0.2, 0) is 9.47 Å². The standard InChI is InChI=1S/C44H79NO2/c1-3-5-7-9-11-13-15-17-19-21-23-25-27-29-31-33-37-44(46-42-36-35-41(40-45)39-43(42)47-44)38-34-32-30-28-26-24-22-20-18-16-14-12-10-8-6-4-2/h11-14,17-20,41-43H,3-10,15-16,21-40,45H2,1-2H3/b13-11-,14-12-,19-17-,20-18-/t41-,42-,43+/m1/s1. The zero-order valence-corrected chi connectivity index (χ0v) is 31.5. The van der Waals surface area contributed by atoms with Gasteiger partial charge >= 0.3 is 0 Å². The summed E-state index contributed by atoms with van der Waals surface area (Å²) in [6.07, 6.45) is 56.0. The highest BCUT2D eigenvalue weighted by atomic mass is 16.8. The zero-order chi connectivity index (χ0) is 33.5. The Labute approximate surface area is 293 Å². The lowest BCUT2D eigenvalue weighted by molar-refractivity contribution is -0.186. The summed E-state index contributed by atoms with van der Waals surface area (Å²) in [5.41, 5.74) is 6.05. The van der Waals surface area contributed by atoms with Gasteiger partial charge in [0.25, 0.3) is 0 Å². The maximum Gasteiger partial charge on any atom is 0.169 e. The van der Waals surface area contributed by atoms with Gasteiger partial charge in [-0.2, -0.15) is 0 Å². The van der Waals surface area contributed by atoms with Gasteiger partial charge in [0.2, 0.25) is 0 Å². The third-order valence-electron chi connectivity index (χ3n) is 10.4. The van der Waals surface area contributed by atoms with Gasteiger partial charge in [0.1, 0.15) is 0 Å². The van der Waals surface area contributed by atoms with Gasteiger partial charge in [0, 0.05) is 12.8 Å². The van der Waals surface area contributed by atoms with E-state index in [0.29, 0.717) is 12.0 Å². The summed E-state index contributed by atoms with van der Waals surface area (Å²) in [7, 11) is 0. The minimum atomic E-state index is -0.330. The van der Waals surface area contributed by atoms with Crippen molar-refractivity contribution in [2.24, 2.45) is 11.7 Å². The highest BCUT2D eigenvalue weighted by Crippen LogP contribution is 2.44. The van der Waals surface area contributed by atoms with E-state index in [0.717, 1.165) is 45.1 Å². The fraction of sp³-hybridized carbons (Fsp3) is 0.818. The molecule has 1 saturated carbocycles. The predicted octanol–water partition coefficient (Wildman–Crippen LogP) is 13.6. The van der Waals surface area contributed by atoms with Crippen molar-refractivity contribution in [1.29, 1.82) is 0 Å². The quantitative estimate of drug-likeness (QED) is 0.0598. The molecular weight excluding hydrogens is 574 g/mol. The summed E-state index contributed by atoms with van der Waals surface area (Å²) >= 11 is 0. The normalized spacial score (nSPS) is 21.3. The van der Waals surface area contributed by atoms with Crippen LogP contribution in [0.1, 0.15) is 200 Å². The largest absolute Gasteiger partial charge is 0.344 e. The number of nitrogens with two attached hydrogens (primary N) is 1. The van der Waals surface area contributed by atoms with Crippen LogP contribution in [0.2, 0.25) is 0 Å². The molecule has 272 valence electrons. The highest BCUT2D eigenvalue weighted by Gasteiger charge is 2.48. The molecule has 0 aromatic carbocycles. The Hall–Kier alpha value is -1.16. The van der Waals surface area contributed by atoms with Crippen molar-refractivity contribution in [3.63, 3.8) is 0 Å². The third-order valence-corrected chi connectivity index (χ3v) is 10.4. The minimum absolute atomic E-state index is 0.270. The van der Waals surface area contributed by atoms with E-state index in [4.69, 9.17) is 15.2 Å². The Morgan fingerprint density at radius 1 is 0.489 bits per heavy atom. The van der Waals surface area contributed by atoms with Crippen LogP contribution in [0.5, 0.6) is 0 Å². The minimum Gasteiger partial charge on any atom is -0.344 e. The molecule has 1 saturated heterocycles. The Balaban J connectivity index is 1.56. The number of hydrogen-bond acceptors (Lipinski definition) is 3. The molecule has 47 heavy (non-hydrogen) atoms. The van der Waals surface area contributed by atoms with Crippen LogP contribution >= 0.6 is 0 Å². The van der Waals surface area contributed by atoms with Crippen molar-refractivity contribution in [2.45, 2.75) is 218 Å². The molecule has 0 radical (unpaired) electrons. The molecule has 2 aliphatic rings. The molecule has 3 atom stereocenters. The second-order valence-electron chi connectivity index (χ2n) is 14.8. The van der Waals surface area contributed by atoms with Gasteiger partial charge in [-0.3, -0.25) is 0 Å². The molecule has 2 N–H and O–H groups in total. The molecule has 2 rings (SSSR count). The Bertz CT molecular complexity index is 766. The Morgan fingerprint density at radius 3 is 1.34 bits per heavy atom. The van der Waals surface area contributed by atoms with Gasteiger partial charge in [-0.25, -0.2) is 0 Å². The lowest BCUT2D eigenvalue weighted by Crippen LogP contribution is -2.34. The number of ether oxygens (including phenoxy) is 2. The van der Waals surface area contributed by atoms with Crippen molar-refractivity contribution in [3.8, 4) is 0 Å². The van der Waals surface area contributed by atoms with Crippen LogP contribution in [0, 0.1) is 5.92 Å². The van der Waals surface area contributed by atoms with E-state index in [1.54, 1.807) is 0 Å². The second-order valence-corrected chi connectivity index (χ2v) is 14.8. The van der Waals surface area contributed by atoms with Gasteiger partial charge in [-0.05, 0) is 109 Å². The van der Waals surface area contributed by atoms with Gasteiger partial charge in [-0.1, -0.05) is 140 Å². The molecule has 2 fully saturated rings. The predicted molar refractivity (Wildman–Crippen MR) is 207 cm³/mol. The first-order chi connectivity index (χ1) is 23.2. The van der Waals surface area contributed by atoms with Crippen LogP contribution in [0.3, 0.4) is 0 Å². The monoisotopic (exact) mass is 654 g/mol. The fourth-order valence-electron chi connectivity index (χ4n) is 7.36. The fourth-order valence-corrected chi connectivity index (χ4v) is 7.36. The third kappa shape index (κ3) is 21.5. The van der Waals surface area contributed by atoms with E-state index in [-0.39, 0.29) is 11.9 Å². The second kappa shape index (κ2) is 29.7. The molecule has 1 aliphatic carbocycles. The van der Waals surface area contributed by atoms with Crippen LogP contribution in [-0.4, -0.2) is 24.5 Å². The van der Waals surface area contributed by atoms with Gasteiger partial charge in [0.15, 0.2) is 5.79 Å². The Morgan fingerprint density at radius 2 is 0.894 bits per heavy atom. The maximum absolute atomic E-state index is 6.83. The van der Waals surface area contributed by atoms with Crippen LogP contribution in [0.15, 0.2) is 48.6 Å². The van der Waals surface area contributed by atoms with E-state index in [2.05, 4.69) is 62.5 Å². The van der Waals surface area contributed by atoms with Crippen LogP contribution < -0.4 is 5.73 Å². The van der Waals surface area contributed by atoms with Crippen molar-refractivity contribution in [2.75, 3.05) is 6.54 Å². The summed E-state index contributed by atoms with van der Waals surface area (Å²) < 4.78 is 13.6. The average molecular weight is 654 g/mol. The molecule has 0 unspecified atom stereocenters. The number of hydrogen-bond donors (Lipinski definition) is 1. The van der Waals surface area contributed by atoms with Crippen LogP contribution in [0.4, 0.5) is 0 Å². The number of unbranched alkanes of at least 4 members (excludes halogenated alkanes) is 18. The first kappa shape index (κ1) is 42.0. The average Bonchev–Trinajstić information content (AvgIpc) is 3.45. The Kier molecular flexibility index (Phi) is 26.6. The number of rotatable bonds is 31. The molecule has 0 bridgehead atoms. The van der Waals surface area contributed by atoms with E-state index < -0.39 is 0 Å². The zero-order valence-electron chi connectivity index (χ0n) is 31.5. The summed E-state index contributed by atoms with van der Waals surface area (Å²) in [6.45, 7) is 5.33. The summed E-state index contributed by atoms with van der Waals surface area (Å²) in [5.74, 6) is 0.280. The SMILES string of the molecule is CCCCC/C=C\C/C=C\CCCCCCCCC1(CCCCCCCC/C=C\C/C=C\CCCCC)O[C@H]2C[C@H](CN)CC[C@H]2O1. The van der Waals surface area contributed by atoms with E-state index in [1.807, 2.05) is 0 Å². The summed E-state index contributed by atoms with van der Waals surface area (Å²) in [4.78, 5) is 0. The van der Waals surface area contributed by atoms with Crippen molar-refractivity contribution in [3.05, 3.63) is 48.6 Å². The topological polar surface area (TPSA) is 44.5 Å². The first-order valence-corrected chi connectivity index (χ1v) is 20.9. The van der Waals surface area contributed by atoms with Gasteiger partial charge < -0.3 is 15.2 Å². The molecular formula is C44H79NO2. The molecule has 1 heterocycles. The number of fused-ring (bicyclic) bond motifs is 1. The van der Waals surface area contributed by atoms with Crippen molar-refractivity contribution in [1.82, 2.24) is 0 Å². The van der Waals surface area contributed by atoms with E-state index in [1.165, 1.54) is 148 Å². The lowest BCUT2D eigenvalue weighted by Gasteiger charge is -2.29. The molecule has 0 aromatic rings. The highest BCUT2D eigenvalue weighted by molar-refractivity contribution is 4.94. The van der Waals surface area contributed by atoms with Crippen molar-refractivity contribution < 1.29 is 9.47 Å². The van der Waals surface area contributed by atoms with Gasteiger partial charge in [0.05, 0.1) is 12.2 Å². The van der Waals surface area contributed by atoms with Gasteiger partial charge in [-0.15, -0.1) is 0 Å². The van der Waals surface area contributed by atoms with Crippen LogP contribution in [0.25, 0.3) is 0 Å².